The van der Waals surface area contributed by atoms with Gasteiger partial charge >= 0.3 is 5.76 Å². The highest BCUT2D eigenvalue weighted by atomic mass is 79.9. The normalized spacial score (nSPS) is 11.4. The van der Waals surface area contributed by atoms with Gasteiger partial charge in [-0.25, -0.2) is 9.78 Å². The standard InChI is InChI=1S/C13H13BrN4O2/c1-17-8-4-3-7(5-9(8)20-13(17)19)11-12(14)18(2)10(6-15)16-11/h3-5H,6,15H2,1-2H3. The molecule has 0 radical (unpaired) electrons. The quantitative estimate of drug-likeness (QED) is 0.773. The first kappa shape index (κ1) is 13.1. The van der Waals surface area contributed by atoms with Crippen LogP contribution in [0.2, 0.25) is 0 Å². The Hall–Kier alpha value is -1.86. The first-order valence-electron chi connectivity index (χ1n) is 6.04. The van der Waals surface area contributed by atoms with Gasteiger partial charge in [-0.05, 0) is 28.1 Å². The average molecular weight is 337 g/mol. The van der Waals surface area contributed by atoms with Crippen molar-refractivity contribution >= 4 is 27.0 Å². The molecule has 104 valence electrons. The highest BCUT2D eigenvalue weighted by molar-refractivity contribution is 9.10. The molecule has 1 aromatic carbocycles. The molecule has 3 aromatic rings. The molecule has 0 saturated carbocycles. The molecule has 0 unspecified atom stereocenters. The molecule has 7 heteroatoms. The molecule has 2 N–H and O–H groups in total. The predicted molar refractivity (Wildman–Crippen MR) is 79.2 cm³/mol. The molecule has 0 amide bonds. The van der Waals surface area contributed by atoms with E-state index in [4.69, 9.17) is 10.2 Å². The number of hydrogen-bond acceptors (Lipinski definition) is 4. The number of benzene rings is 1. The van der Waals surface area contributed by atoms with E-state index in [9.17, 15) is 4.79 Å². The fourth-order valence-corrected chi connectivity index (χ4v) is 2.69. The molecule has 0 aliphatic heterocycles. The van der Waals surface area contributed by atoms with Crippen LogP contribution in [0.25, 0.3) is 22.4 Å². The van der Waals surface area contributed by atoms with Crippen molar-refractivity contribution < 1.29 is 4.42 Å². The summed E-state index contributed by atoms with van der Waals surface area (Å²) in [4.78, 5) is 16.0. The highest BCUT2D eigenvalue weighted by Gasteiger charge is 2.15. The van der Waals surface area contributed by atoms with E-state index in [2.05, 4.69) is 20.9 Å². The Kier molecular flexibility index (Phi) is 3.02. The van der Waals surface area contributed by atoms with Crippen molar-refractivity contribution in [2.45, 2.75) is 6.54 Å². The number of nitrogens with two attached hydrogens (primary N) is 1. The maximum absolute atomic E-state index is 11.5. The van der Waals surface area contributed by atoms with Gasteiger partial charge < -0.3 is 14.7 Å². The van der Waals surface area contributed by atoms with E-state index in [1.54, 1.807) is 7.05 Å². The van der Waals surface area contributed by atoms with Crippen molar-refractivity contribution in [2.24, 2.45) is 19.8 Å². The minimum Gasteiger partial charge on any atom is -0.408 e. The Morgan fingerprint density at radius 3 is 2.75 bits per heavy atom. The molecule has 6 nitrogen and oxygen atoms in total. The molecule has 2 heterocycles. The lowest BCUT2D eigenvalue weighted by Crippen LogP contribution is -2.08. The molecule has 0 spiro atoms. The second-order valence-corrected chi connectivity index (χ2v) is 5.29. The average Bonchev–Trinajstić information content (AvgIpc) is 2.89. The number of rotatable bonds is 2. The lowest BCUT2D eigenvalue weighted by atomic mass is 10.1. The maximum Gasteiger partial charge on any atom is 0.419 e. The van der Waals surface area contributed by atoms with Crippen molar-refractivity contribution in [3.8, 4) is 11.3 Å². The summed E-state index contributed by atoms with van der Waals surface area (Å²) >= 11 is 3.51. The van der Waals surface area contributed by atoms with Gasteiger partial charge in [-0.2, -0.15) is 0 Å². The summed E-state index contributed by atoms with van der Waals surface area (Å²) in [6.45, 7) is 0.359. The molecule has 2 aromatic heterocycles. The van der Waals surface area contributed by atoms with E-state index in [0.29, 0.717) is 12.1 Å². The van der Waals surface area contributed by atoms with Crippen LogP contribution in [0.4, 0.5) is 0 Å². The monoisotopic (exact) mass is 336 g/mol. The Bertz CT molecular complexity index is 859. The van der Waals surface area contributed by atoms with E-state index >= 15 is 0 Å². The molecule has 3 rings (SSSR count). The smallest absolute Gasteiger partial charge is 0.408 e. The van der Waals surface area contributed by atoms with Crippen LogP contribution in [0.3, 0.4) is 0 Å². The van der Waals surface area contributed by atoms with Crippen LogP contribution in [-0.2, 0) is 20.6 Å². The van der Waals surface area contributed by atoms with Crippen LogP contribution < -0.4 is 11.5 Å². The van der Waals surface area contributed by atoms with E-state index in [1.807, 2.05) is 29.8 Å². The van der Waals surface area contributed by atoms with Crippen LogP contribution in [-0.4, -0.2) is 14.1 Å². The van der Waals surface area contributed by atoms with E-state index in [1.165, 1.54) is 4.57 Å². The van der Waals surface area contributed by atoms with Crippen LogP contribution >= 0.6 is 15.9 Å². The fourth-order valence-electron chi connectivity index (χ4n) is 2.17. The van der Waals surface area contributed by atoms with E-state index < -0.39 is 0 Å². The summed E-state index contributed by atoms with van der Waals surface area (Å²) in [6, 6.07) is 5.56. The maximum atomic E-state index is 11.5. The number of imidazole rings is 1. The summed E-state index contributed by atoms with van der Waals surface area (Å²) < 4.78 is 9.40. The Morgan fingerprint density at radius 1 is 1.35 bits per heavy atom. The zero-order valence-corrected chi connectivity index (χ0v) is 12.6. The summed E-state index contributed by atoms with van der Waals surface area (Å²) in [7, 11) is 3.57. The zero-order valence-electron chi connectivity index (χ0n) is 11.1. The molecule has 0 saturated heterocycles. The number of aromatic nitrogens is 3. The van der Waals surface area contributed by atoms with Gasteiger partial charge in [0.05, 0.1) is 12.1 Å². The van der Waals surface area contributed by atoms with Crippen molar-refractivity contribution in [3.05, 3.63) is 39.2 Å². The van der Waals surface area contributed by atoms with Crippen molar-refractivity contribution in [1.82, 2.24) is 14.1 Å². The van der Waals surface area contributed by atoms with Crippen molar-refractivity contribution in [3.63, 3.8) is 0 Å². The topological polar surface area (TPSA) is 79.0 Å². The highest BCUT2D eigenvalue weighted by Crippen LogP contribution is 2.30. The van der Waals surface area contributed by atoms with E-state index in [-0.39, 0.29) is 5.76 Å². The Morgan fingerprint density at radius 2 is 2.10 bits per heavy atom. The fraction of sp³-hybridized carbons (Fsp3) is 0.231. The summed E-state index contributed by atoms with van der Waals surface area (Å²) in [5.74, 6) is 0.404. The summed E-state index contributed by atoms with van der Waals surface area (Å²) in [5.41, 5.74) is 8.60. The first-order valence-corrected chi connectivity index (χ1v) is 6.83. The van der Waals surface area contributed by atoms with Crippen molar-refractivity contribution in [1.29, 1.82) is 0 Å². The van der Waals surface area contributed by atoms with Gasteiger partial charge in [0.1, 0.15) is 16.1 Å². The summed E-state index contributed by atoms with van der Waals surface area (Å²) in [5, 5.41) is 0. The van der Waals surface area contributed by atoms with Crippen LogP contribution in [0.5, 0.6) is 0 Å². The SMILES string of the molecule is Cn1c(CN)nc(-c2ccc3c(c2)oc(=O)n3C)c1Br. The van der Waals surface area contributed by atoms with Crippen LogP contribution in [0.1, 0.15) is 5.82 Å². The molecule has 0 aliphatic rings. The van der Waals surface area contributed by atoms with Gasteiger partial charge in [0.25, 0.3) is 0 Å². The van der Waals surface area contributed by atoms with Crippen LogP contribution in [0, 0.1) is 0 Å². The second kappa shape index (κ2) is 4.60. The largest absolute Gasteiger partial charge is 0.419 e. The van der Waals surface area contributed by atoms with Gasteiger partial charge in [0, 0.05) is 19.7 Å². The molecule has 0 fully saturated rings. The number of oxazole rings is 1. The number of nitrogens with zero attached hydrogens (tertiary/aromatic N) is 3. The number of halogens is 1. The van der Waals surface area contributed by atoms with Crippen LogP contribution in [0.15, 0.2) is 32.0 Å². The third-order valence-corrected chi connectivity index (χ3v) is 4.27. The first-order chi connectivity index (χ1) is 9.52. The summed E-state index contributed by atoms with van der Waals surface area (Å²) in [6.07, 6.45) is 0. The zero-order chi connectivity index (χ0) is 14.4. The van der Waals surface area contributed by atoms with Gasteiger partial charge in [0.2, 0.25) is 0 Å². The molecular formula is C13H13BrN4O2. The van der Waals surface area contributed by atoms with Gasteiger partial charge in [-0.3, -0.25) is 4.57 Å². The van der Waals surface area contributed by atoms with Gasteiger partial charge in [-0.1, -0.05) is 6.07 Å². The Labute approximate surface area is 122 Å². The van der Waals surface area contributed by atoms with Gasteiger partial charge in [0.15, 0.2) is 5.58 Å². The van der Waals surface area contributed by atoms with Crippen molar-refractivity contribution in [2.75, 3.05) is 0 Å². The molecular weight excluding hydrogens is 324 g/mol. The predicted octanol–water partition coefficient (Wildman–Crippen LogP) is 1.75. The second-order valence-electron chi connectivity index (χ2n) is 4.54. The minimum atomic E-state index is -0.375. The molecule has 0 aliphatic carbocycles. The molecule has 0 bridgehead atoms. The number of hydrogen-bond donors (Lipinski definition) is 1. The lowest BCUT2D eigenvalue weighted by molar-refractivity contribution is 0.528. The third-order valence-electron chi connectivity index (χ3n) is 3.37. The Balaban J connectivity index is 2.22. The molecule has 0 atom stereocenters. The minimum absolute atomic E-state index is 0.359. The lowest BCUT2D eigenvalue weighted by Gasteiger charge is -1.99. The third kappa shape index (κ3) is 1.82. The van der Waals surface area contributed by atoms with Gasteiger partial charge in [-0.15, -0.1) is 0 Å². The van der Waals surface area contributed by atoms with E-state index in [0.717, 1.165) is 27.2 Å². The molecule has 20 heavy (non-hydrogen) atoms. The number of fused-ring (bicyclic) bond motifs is 1. The number of aryl methyl sites for hydroxylation is 1.